The Labute approximate surface area is 278 Å². The Morgan fingerprint density at radius 1 is 0.979 bits per heavy atom. The predicted molar refractivity (Wildman–Crippen MR) is 173 cm³/mol. The van der Waals surface area contributed by atoms with Crippen molar-refractivity contribution in [3.05, 3.63) is 92.8 Å². The zero-order chi connectivity index (χ0) is 34.9. The van der Waals surface area contributed by atoms with Crippen LogP contribution in [0.15, 0.2) is 77.1 Å². The first-order valence-corrected chi connectivity index (χ1v) is 15.3. The molecule has 0 aliphatic carbocycles. The number of aliphatic hydroxyl groups is 1. The molecule has 0 fully saturated rings. The number of aliphatic hydroxyl groups excluding tert-OH is 1. The van der Waals surface area contributed by atoms with Gasteiger partial charge in [-0.2, -0.15) is 0 Å². The van der Waals surface area contributed by atoms with Gasteiger partial charge in [-0.3, -0.25) is 10.1 Å². The summed E-state index contributed by atoms with van der Waals surface area (Å²) in [5, 5.41) is 30.2. The molecule has 1 aliphatic rings. The number of dihydropyridines is 1. The minimum absolute atomic E-state index is 0.0286. The molecule has 0 aromatic heterocycles. The third-order valence-corrected chi connectivity index (χ3v) is 7.18. The van der Waals surface area contributed by atoms with E-state index in [1.807, 2.05) is 30.3 Å². The Bertz CT molecular complexity index is 1460. The minimum Gasteiger partial charge on any atom is -0.491 e. The number of amides is 1. The average Bonchev–Trinajstić information content (AvgIpc) is 3.09. The molecule has 48 heavy (non-hydrogen) atoms. The van der Waals surface area contributed by atoms with Crippen LogP contribution in [0.1, 0.15) is 31.2 Å². The molecule has 2 aromatic carbocycles. The molecule has 0 saturated carbocycles. The highest BCUT2D eigenvalue weighted by atomic mass is 16.6. The van der Waals surface area contributed by atoms with E-state index in [1.165, 1.54) is 32.4 Å². The van der Waals surface area contributed by atoms with Crippen molar-refractivity contribution >= 4 is 23.7 Å². The molecule has 0 spiro atoms. The van der Waals surface area contributed by atoms with Gasteiger partial charge in [0.15, 0.2) is 0 Å². The number of carbonyl (C=O) groups is 3. The number of alkyl carbamates (subject to hydrolysis) is 1. The number of methoxy groups -OCH3 is 2. The Hall–Kier alpha value is -4.99. The second-order valence-electron chi connectivity index (χ2n) is 10.6. The number of allylic oxidation sites excluding steroid dienone is 1. The molecule has 0 saturated heterocycles. The van der Waals surface area contributed by atoms with Gasteiger partial charge >= 0.3 is 18.0 Å². The van der Waals surface area contributed by atoms with Gasteiger partial charge in [0.25, 0.3) is 5.69 Å². The molecular formula is C33H42N4O11. The maximum atomic E-state index is 13.0. The highest BCUT2D eigenvalue weighted by Gasteiger charge is 2.39. The van der Waals surface area contributed by atoms with Gasteiger partial charge in [-0.15, -0.1) is 0 Å². The van der Waals surface area contributed by atoms with E-state index in [-0.39, 0.29) is 55.5 Å². The Kier molecular flexibility index (Phi) is 15.3. The number of para-hydroxylation sites is 1. The van der Waals surface area contributed by atoms with Crippen LogP contribution in [0.2, 0.25) is 0 Å². The number of nitrogens with one attached hydrogen (secondary N) is 3. The molecule has 0 radical (unpaired) electrons. The molecule has 15 nitrogen and oxygen atoms in total. The van der Waals surface area contributed by atoms with Gasteiger partial charge in [-0.1, -0.05) is 30.3 Å². The van der Waals surface area contributed by atoms with Crippen molar-refractivity contribution in [2.45, 2.75) is 31.8 Å². The standard InChI is InChI=1S/C33H42N4O11/c1-22-28(31(39)44-2)29(23-10-9-11-24(18-23)37(42)43)30(32(40)45-3)27(36-22)21-46-17-15-35-33(41)47-16-8-7-14-34-19-25(38)20-48-26-12-5-4-6-13-26/h4-6,9-13,18,25,29,34,36,38H,7-8,14-17,19-21H2,1-3H3,(H,35,41). The Morgan fingerprint density at radius 3 is 2.42 bits per heavy atom. The molecular weight excluding hydrogens is 628 g/mol. The summed E-state index contributed by atoms with van der Waals surface area (Å²) in [5.41, 5.74) is 0.875. The quantitative estimate of drug-likeness (QED) is 0.0560. The predicted octanol–water partition coefficient (Wildman–Crippen LogP) is 2.71. The van der Waals surface area contributed by atoms with Crippen LogP contribution in [0.3, 0.4) is 0 Å². The smallest absolute Gasteiger partial charge is 0.407 e. The molecule has 2 atom stereocenters. The molecule has 260 valence electrons. The van der Waals surface area contributed by atoms with E-state index in [9.17, 15) is 29.6 Å². The number of nitro benzene ring substituents is 1. The summed E-state index contributed by atoms with van der Waals surface area (Å²) in [7, 11) is 2.38. The third kappa shape index (κ3) is 11.4. The van der Waals surface area contributed by atoms with E-state index in [0.29, 0.717) is 36.5 Å². The fraction of sp³-hybridized carbons (Fsp3) is 0.424. The number of non-ortho nitro benzene ring substituents is 1. The van der Waals surface area contributed by atoms with Crippen LogP contribution < -0.4 is 20.7 Å². The minimum atomic E-state index is -1.04. The third-order valence-electron chi connectivity index (χ3n) is 7.18. The fourth-order valence-electron chi connectivity index (χ4n) is 4.90. The highest BCUT2D eigenvalue weighted by Crippen LogP contribution is 2.40. The van der Waals surface area contributed by atoms with Crippen molar-refractivity contribution in [3.63, 3.8) is 0 Å². The number of unbranched alkanes of at least 4 members (excludes halogenated alkanes) is 1. The number of nitro groups is 1. The second-order valence-corrected chi connectivity index (χ2v) is 10.6. The molecule has 4 N–H and O–H groups in total. The summed E-state index contributed by atoms with van der Waals surface area (Å²) in [4.78, 5) is 48.8. The van der Waals surface area contributed by atoms with E-state index in [0.717, 1.165) is 6.42 Å². The van der Waals surface area contributed by atoms with Crippen LogP contribution in [0, 0.1) is 10.1 Å². The number of hydrogen-bond donors (Lipinski definition) is 4. The highest BCUT2D eigenvalue weighted by molar-refractivity contribution is 6.00. The number of carbonyl (C=O) groups excluding carboxylic acids is 3. The van der Waals surface area contributed by atoms with E-state index < -0.39 is 35.0 Å². The normalized spacial score (nSPS) is 14.9. The van der Waals surface area contributed by atoms with Crippen molar-refractivity contribution in [1.82, 2.24) is 16.0 Å². The molecule has 15 heteroatoms. The molecule has 2 unspecified atom stereocenters. The maximum absolute atomic E-state index is 13.0. The Morgan fingerprint density at radius 2 is 1.71 bits per heavy atom. The summed E-state index contributed by atoms with van der Waals surface area (Å²) in [6, 6.07) is 14.9. The number of hydrogen-bond acceptors (Lipinski definition) is 13. The first-order chi connectivity index (χ1) is 23.2. The van der Waals surface area contributed by atoms with Crippen molar-refractivity contribution in [2.75, 3.05) is 60.3 Å². The van der Waals surface area contributed by atoms with Crippen molar-refractivity contribution in [3.8, 4) is 5.75 Å². The first kappa shape index (κ1) is 37.5. The summed E-state index contributed by atoms with van der Waals surface area (Å²) >= 11 is 0. The van der Waals surface area contributed by atoms with Crippen LogP contribution in [-0.2, 0) is 28.5 Å². The zero-order valence-electron chi connectivity index (χ0n) is 27.2. The van der Waals surface area contributed by atoms with Gasteiger partial charge < -0.3 is 44.7 Å². The monoisotopic (exact) mass is 670 g/mol. The number of ether oxygens (including phenoxy) is 5. The van der Waals surface area contributed by atoms with Gasteiger partial charge in [0.05, 0.1) is 61.7 Å². The number of esters is 2. The summed E-state index contributed by atoms with van der Waals surface area (Å²) in [6.45, 7) is 3.06. The van der Waals surface area contributed by atoms with E-state index in [1.54, 1.807) is 13.0 Å². The molecule has 1 amide bonds. The lowest BCUT2D eigenvalue weighted by molar-refractivity contribution is -0.384. The lowest BCUT2D eigenvalue weighted by atomic mass is 9.80. The van der Waals surface area contributed by atoms with Crippen molar-refractivity contribution in [1.29, 1.82) is 0 Å². The van der Waals surface area contributed by atoms with E-state index in [4.69, 9.17) is 23.7 Å². The van der Waals surface area contributed by atoms with Crippen LogP contribution in [-0.4, -0.2) is 94.4 Å². The van der Waals surface area contributed by atoms with Crippen LogP contribution in [0.25, 0.3) is 0 Å². The van der Waals surface area contributed by atoms with Crippen LogP contribution in [0.4, 0.5) is 10.5 Å². The SMILES string of the molecule is COC(=O)C1=C(C)NC(COCCNC(=O)OCCCCNCC(O)COc2ccccc2)=C(C(=O)OC)C1c1cccc([N+](=O)[O-])c1. The number of benzene rings is 2. The summed E-state index contributed by atoms with van der Waals surface area (Å²) in [5.74, 6) is -1.83. The number of rotatable bonds is 19. The lowest BCUT2D eigenvalue weighted by Gasteiger charge is -2.31. The van der Waals surface area contributed by atoms with Crippen LogP contribution >= 0.6 is 0 Å². The molecule has 0 bridgehead atoms. The fourth-order valence-corrected chi connectivity index (χ4v) is 4.90. The van der Waals surface area contributed by atoms with Crippen molar-refractivity contribution in [2.24, 2.45) is 0 Å². The van der Waals surface area contributed by atoms with Gasteiger partial charge in [-0.05, 0) is 44.0 Å². The van der Waals surface area contributed by atoms with E-state index in [2.05, 4.69) is 16.0 Å². The first-order valence-electron chi connectivity index (χ1n) is 15.3. The van der Waals surface area contributed by atoms with Crippen LogP contribution in [0.5, 0.6) is 5.75 Å². The van der Waals surface area contributed by atoms with E-state index >= 15 is 0 Å². The molecule has 3 rings (SSSR count). The second kappa shape index (κ2) is 19.6. The van der Waals surface area contributed by atoms with Gasteiger partial charge in [-0.25, -0.2) is 14.4 Å². The lowest BCUT2D eigenvalue weighted by Crippen LogP contribution is -2.35. The Balaban J connectivity index is 1.43. The largest absolute Gasteiger partial charge is 0.491 e. The molecule has 2 aromatic rings. The number of nitrogens with zero attached hydrogens (tertiary/aromatic N) is 1. The molecule has 1 aliphatic heterocycles. The van der Waals surface area contributed by atoms with Crippen molar-refractivity contribution < 1.29 is 48.1 Å². The van der Waals surface area contributed by atoms with Gasteiger partial charge in [0.2, 0.25) is 0 Å². The average molecular weight is 671 g/mol. The molecule has 1 heterocycles. The maximum Gasteiger partial charge on any atom is 0.407 e. The van der Waals surface area contributed by atoms with Gasteiger partial charge in [0.1, 0.15) is 18.5 Å². The van der Waals surface area contributed by atoms with Gasteiger partial charge in [0, 0.05) is 30.9 Å². The zero-order valence-corrected chi connectivity index (χ0v) is 27.2. The topological polar surface area (TPSA) is 197 Å². The summed E-state index contributed by atoms with van der Waals surface area (Å²) in [6.07, 6.45) is 0.0859. The summed E-state index contributed by atoms with van der Waals surface area (Å²) < 4.78 is 26.4.